The molecule has 1 fully saturated rings. The van der Waals surface area contributed by atoms with Crippen LogP contribution in [-0.4, -0.2) is 30.6 Å². The summed E-state index contributed by atoms with van der Waals surface area (Å²) in [4.78, 5) is 2.34. The van der Waals surface area contributed by atoms with Crippen molar-refractivity contribution in [2.24, 2.45) is 5.73 Å². The normalized spacial score (nSPS) is 26.7. The fourth-order valence-electron chi connectivity index (χ4n) is 3.02. The van der Waals surface area contributed by atoms with E-state index in [9.17, 15) is 0 Å². The van der Waals surface area contributed by atoms with Crippen LogP contribution in [-0.2, 0) is 0 Å². The molecular formula is C14H19ClN2O. The van der Waals surface area contributed by atoms with E-state index in [-0.39, 0.29) is 11.6 Å². The van der Waals surface area contributed by atoms with Crippen molar-refractivity contribution in [2.45, 2.75) is 30.9 Å². The molecule has 1 unspecified atom stereocenters. The Bertz CT molecular complexity index is 455. The molecule has 1 spiro atoms. The third-order valence-corrected chi connectivity index (χ3v) is 4.42. The van der Waals surface area contributed by atoms with Gasteiger partial charge in [-0.1, -0.05) is 11.6 Å². The Morgan fingerprint density at radius 1 is 1.39 bits per heavy atom. The second-order valence-corrected chi connectivity index (χ2v) is 6.02. The molecule has 4 heteroatoms. The van der Waals surface area contributed by atoms with Crippen LogP contribution in [0.5, 0.6) is 5.75 Å². The van der Waals surface area contributed by atoms with Crippen LogP contribution in [0.2, 0.25) is 5.02 Å². The number of hydrogen-bond acceptors (Lipinski definition) is 3. The zero-order valence-electron chi connectivity index (χ0n) is 10.7. The molecule has 0 amide bonds. The number of ether oxygens (including phenoxy) is 1. The molecule has 0 bridgehead atoms. The molecule has 1 atom stereocenters. The molecule has 3 rings (SSSR count). The number of fused-ring (bicyclic) bond motifs is 1. The quantitative estimate of drug-likeness (QED) is 0.784. The smallest absolute Gasteiger partial charge is 0.125 e. The van der Waals surface area contributed by atoms with Gasteiger partial charge in [-0.3, -0.25) is 0 Å². The second kappa shape index (κ2) is 4.41. The first kappa shape index (κ1) is 12.3. The fourth-order valence-corrected chi connectivity index (χ4v) is 3.20. The lowest BCUT2D eigenvalue weighted by atomic mass is 9.81. The predicted molar refractivity (Wildman–Crippen MR) is 73.1 cm³/mol. The SMILES string of the molecule is CN1CCC2(CC1)CC(N)c1cc(Cl)ccc1O2. The van der Waals surface area contributed by atoms with E-state index in [1.165, 1.54) is 0 Å². The highest BCUT2D eigenvalue weighted by molar-refractivity contribution is 6.30. The van der Waals surface area contributed by atoms with Crippen molar-refractivity contribution in [2.75, 3.05) is 20.1 Å². The molecule has 2 N–H and O–H groups in total. The molecular weight excluding hydrogens is 248 g/mol. The summed E-state index contributed by atoms with van der Waals surface area (Å²) < 4.78 is 6.27. The maximum Gasteiger partial charge on any atom is 0.125 e. The van der Waals surface area contributed by atoms with Gasteiger partial charge in [0.25, 0.3) is 0 Å². The molecule has 0 radical (unpaired) electrons. The van der Waals surface area contributed by atoms with Crippen LogP contribution in [0.15, 0.2) is 18.2 Å². The molecule has 2 aliphatic rings. The number of likely N-dealkylation sites (tertiary alicyclic amines) is 1. The number of piperidine rings is 1. The van der Waals surface area contributed by atoms with E-state index in [2.05, 4.69) is 11.9 Å². The Balaban J connectivity index is 1.89. The summed E-state index contributed by atoms with van der Waals surface area (Å²) in [5.41, 5.74) is 7.29. The van der Waals surface area contributed by atoms with Crippen LogP contribution in [0.3, 0.4) is 0 Å². The largest absolute Gasteiger partial charge is 0.487 e. The third-order valence-electron chi connectivity index (χ3n) is 4.19. The number of rotatable bonds is 0. The minimum absolute atomic E-state index is 0.0378. The first-order valence-corrected chi connectivity index (χ1v) is 6.88. The van der Waals surface area contributed by atoms with E-state index in [1.54, 1.807) is 0 Å². The lowest BCUT2D eigenvalue weighted by Gasteiger charge is -2.45. The second-order valence-electron chi connectivity index (χ2n) is 5.58. The van der Waals surface area contributed by atoms with Gasteiger partial charge in [0, 0.05) is 36.1 Å². The average molecular weight is 267 g/mol. The number of nitrogens with two attached hydrogens (primary N) is 1. The molecule has 0 aromatic heterocycles. The van der Waals surface area contributed by atoms with Crippen molar-refractivity contribution in [1.29, 1.82) is 0 Å². The fraction of sp³-hybridized carbons (Fsp3) is 0.571. The zero-order valence-corrected chi connectivity index (χ0v) is 11.4. The first-order chi connectivity index (χ1) is 8.58. The van der Waals surface area contributed by atoms with Crippen LogP contribution in [0, 0.1) is 0 Å². The minimum atomic E-state index is -0.0627. The Kier molecular flexibility index (Phi) is 3.00. The Hall–Kier alpha value is -0.770. The molecule has 1 aromatic carbocycles. The van der Waals surface area contributed by atoms with Crippen molar-refractivity contribution in [3.8, 4) is 5.75 Å². The highest BCUT2D eigenvalue weighted by Gasteiger charge is 2.41. The van der Waals surface area contributed by atoms with Crippen LogP contribution in [0.25, 0.3) is 0 Å². The van der Waals surface area contributed by atoms with E-state index in [0.29, 0.717) is 0 Å². The van der Waals surface area contributed by atoms with Crippen molar-refractivity contribution < 1.29 is 4.74 Å². The molecule has 1 saturated heterocycles. The summed E-state index contributed by atoms with van der Waals surface area (Å²) >= 11 is 6.02. The van der Waals surface area contributed by atoms with Gasteiger partial charge in [0.2, 0.25) is 0 Å². The van der Waals surface area contributed by atoms with Gasteiger partial charge in [-0.2, -0.15) is 0 Å². The van der Waals surface area contributed by atoms with E-state index in [4.69, 9.17) is 22.1 Å². The molecule has 1 aromatic rings. The summed E-state index contributed by atoms with van der Waals surface area (Å²) in [5.74, 6) is 0.919. The predicted octanol–water partition coefficient (Wildman–Crippen LogP) is 2.59. The molecule has 98 valence electrons. The van der Waals surface area contributed by atoms with Crippen LogP contribution < -0.4 is 10.5 Å². The van der Waals surface area contributed by atoms with E-state index < -0.39 is 0 Å². The average Bonchev–Trinajstić information content (AvgIpc) is 2.35. The maximum atomic E-state index is 6.30. The molecule has 18 heavy (non-hydrogen) atoms. The Labute approximate surface area is 113 Å². The van der Waals surface area contributed by atoms with E-state index in [0.717, 1.165) is 48.7 Å². The van der Waals surface area contributed by atoms with E-state index in [1.807, 2.05) is 18.2 Å². The standard InChI is InChI=1S/C14H19ClN2O/c1-17-6-4-14(5-7-17)9-12(16)11-8-10(15)2-3-13(11)18-14/h2-3,8,12H,4-7,9,16H2,1H3. The van der Waals surface area contributed by atoms with Gasteiger partial charge in [0.1, 0.15) is 11.4 Å². The zero-order chi connectivity index (χ0) is 12.8. The number of hydrogen-bond donors (Lipinski definition) is 1. The van der Waals surface area contributed by atoms with Gasteiger partial charge in [-0.15, -0.1) is 0 Å². The molecule has 0 saturated carbocycles. The van der Waals surface area contributed by atoms with E-state index >= 15 is 0 Å². The monoisotopic (exact) mass is 266 g/mol. The lowest BCUT2D eigenvalue weighted by molar-refractivity contribution is -0.0163. The summed E-state index contributed by atoms with van der Waals surface area (Å²) in [7, 11) is 2.16. The van der Waals surface area contributed by atoms with Crippen molar-refractivity contribution in [1.82, 2.24) is 4.90 Å². The Morgan fingerprint density at radius 2 is 2.11 bits per heavy atom. The summed E-state index contributed by atoms with van der Waals surface area (Å²) in [5, 5.41) is 0.729. The topological polar surface area (TPSA) is 38.5 Å². The minimum Gasteiger partial charge on any atom is -0.487 e. The summed E-state index contributed by atoms with van der Waals surface area (Å²) in [6.45, 7) is 2.16. The van der Waals surface area contributed by atoms with Crippen LogP contribution in [0.4, 0.5) is 0 Å². The highest BCUT2D eigenvalue weighted by Crippen LogP contribution is 2.43. The van der Waals surface area contributed by atoms with Crippen molar-refractivity contribution >= 4 is 11.6 Å². The lowest BCUT2D eigenvalue weighted by Crippen LogP contribution is -2.50. The molecule has 0 aliphatic carbocycles. The Morgan fingerprint density at radius 3 is 2.83 bits per heavy atom. The maximum absolute atomic E-state index is 6.30. The number of nitrogens with zero attached hydrogens (tertiary/aromatic N) is 1. The molecule has 2 aliphatic heterocycles. The van der Waals surface area contributed by atoms with Crippen molar-refractivity contribution in [3.05, 3.63) is 28.8 Å². The molecule has 2 heterocycles. The number of benzene rings is 1. The van der Waals surface area contributed by atoms with Gasteiger partial charge in [0.15, 0.2) is 0 Å². The van der Waals surface area contributed by atoms with Crippen molar-refractivity contribution in [3.63, 3.8) is 0 Å². The van der Waals surface area contributed by atoms with Gasteiger partial charge in [-0.25, -0.2) is 0 Å². The van der Waals surface area contributed by atoms with Gasteiger partial charge >= 0.3 is 0 Å². The van der Waals surface area contributed by atoms with Gasteiger partial charge in [-0.05, 0) is 38.1 Å². The summed E-state index contributed by atoms with van der Waals surface area (Å²) in [6.07, 6.45) is 3.01. The summed E-state index contributed by atoms with van der Waals surface area (Å²) in [6, 6.07) is 5.80. The van der Waals surface area contributed by atoms with Gasteiger partial charge < -0.3 is 15.4 Å². The first-order valence-electron chi connectivity index (χ1n) is 6.51. The van der Waals surface area contributed by atoms with Crippen LogP contribution in [0.1, 0.15) is 30.9 Å². The molecule has 3 nitrogen and oxygen atoms in total. The third kappa shape index (κ3) is 2.11. The van der Waals surface area contributed by atoms with Crippen LogP contribution >= 0.6 is 11.6 Å². The van der Waals surface area contributed by atoms with Gasteiger partial charge in [0.05, 0.1) is 0 Å². The number of halogens is 1. The highest BCUT2D eigenvalue weighted by atomic mass is 35.5.